The molecule has 1 aliphatic carbocycles. The predicted octanol–water partition coefficient (Wildman–Crippen LogP) is 3.59. The van der Waals surface area contributed by atoms with Crippen LogP contribution in [0.1, 0.15) is 46.2 Å². The molecule has 1 aromatic rings. The minimum Gasteiger partial charge on any atom is -0.326 e. The fourth-order valence-electron chi connectivity index (χ4n) is 3.09. The molecule has 0 aliphatic heterocycles. The van der Waals surface area contributed by atoms with Crippen LogP contribution in [0.25, 0.3) is 0 Å². The van der Waals surface area contributed by atoms with Gasteiger partial charge in [-0.15, -0.1) is 0 Å². The van der Waals surface area contributed by atoms with E-state index in [4.69, 9.17) is 0 Å². The first-order valence-corrected chi connectivity index (χ1v) is 7.30. The van der Waals surface area contributed by atoms with E-state index in [-0.39, 0.29) is 22.7 Å². The molecule has 0 radical (unpaired) electrons. The molecular weight excluding hydrogens is 248 g/mol. The van der Waals surface area contributed by atoms with Gasteiger partial charge in [0.05, 0.1) is 0 Å². The van der Waals surface area contributed by atoms with Crippen molar-refractivity contribution in [3.05, 3.63) is 29.8 Å². The maximum absolute atomic E-state index is 12.4. The maximum Gasteiger partial charge on any atom is 0.228 e. The number of benzene rings is 1. The summed E-state index contributed by atoms with van der Waals surface area (Å²) in [4.78, 5) is 12.4. The van der Waals surface area contributed by atoms with Crippen molar-refractivity contribution in [3.8, 4) is 0 Å². The predicted molar refractivity (Wildman–Crippen MR) is 83.6 cm³/mol. The maximum atomic E-state index is 12.4. The first-order chi connectivity index (χ1) is 9.21. The normalized spacial score (nSPS) is 21.3. The summed E-state index contributed by atoms with van der Waals surface area (Å²) < 4.78 is 0. The van der Waals surface area contributed by atoms with Gasteiger partial charge in [0.25, 0.3) is 0 Å². The van der Waals surface area contributed by atoms with Gasteiger partial charge in [0.15, 0.2) is 0 Å². The summed E-state index contributed by atoms with van der Waals surface area (Å²) in [6.07, 6.45) is 0. The Morgan fingerprint density at radius 2 is 1.60 bits per heavy atom. The average Bonchev–Trinajstić information content (AvgIpc) is 2.79. The van der Waals surface area contributed by atoms with Crippen molar-refractivity contribution in [2.75, 3.05) is 12.4 Å². The molecule has 3 heteroatoms. The van der Waals surface area contributed by atoms with Crippen LogP contribution in [0.15, 0.2) is 24.3 Å². The molecule has 20 heavy (non-hydrogen) atoms. The SMILES string of the molecule is CNC(C)c1ccc(NC(=O)C2C(C)(C)C2(C)C)cc1. The minimum atomic E-state index is 0.0810. The second-order valence-electron chi connectivity index (χ2n) is 7.00. The highest BCUT2D eigenvalue weighted by Crippen LogP contribution is 2.68. The van der Waals surface area contributed by atoms with Crippen molar-refractivity contribution in [2.45, 2.75) is 40.7 Å². The van der Waals surface area contributed by atoms with Gasteiger partial charge in [-0.2, -0.15) is 0 Å². The van der Waals surface area contributed by atoms with Gasteiger partial charge in [-0.25, -0.2) is 0 Å². The zero-order valence-corrected chi connectivity index (χ0v) is 13.4. The van der Waals surface area contributed by atoms with Crippen molar-refractivity contribution < 1.29 is 4.79 Å². The van der Waals surface area contributed by atoms with Gasteiger partial charge in [-0.05, 0) is 42.5 Å². The molecule has 2 rings (SSSR count). The van der Waals surface area contributed by atoms with Crippen LogP contribution in [0, 0.1) is 16.7 Å². The number of nitrogens with one attached hydrogen (secondary N) is 2. The summed E-state index contributed by atoms with van der Waals surface area (Å²) in [5.41, 5.74) is 2.26. The molecule has 0 aromatic heterocycles. The summed E-state index contributed by atoms with van der Waals surface area (Å²) in [7, 11) is 1.94. The Bertz CT molecular complexity index is 488. The highest BCUT2D eigenvalue weighted by molar-refractivity contribution is 5.96. The number of hydrogen-bond donors (Lipinski definition) is 2. The summed E-state index contributed by atoms with van der Waals surface area (Å²) in [5.74, 6) is 0.223. The third-order valence-corrected chi connectivity index (χ3v) is 5.39. The van der Waals surface area contributed by atoms with Crippen LogP contribution in [0.4, 0.5) is 5.69 Å². The Labute approximate surface area is 122 Å². The number of amides is 1. The van der Waals surface area contributed by atoms with Gasteiger partial charge in [0, 0.05) is 17.6 Å². The Morgan fingerprint density at radius 1 is 1.10 bits per heavy atom. The summed E-state index contributed by atoms with van der Waals surface area (Å²) in [6, 6.07) is 8.38. The van der Waals surface area contributed by atoms with Crippen LogP contribution < -0.4 is 10.6 Å². The molecule has 0 bridgehead atoms. The number of carbonyl (C=O) groups excluding carboxylic acids is 1. The van der Waals surface area contributed by atoms with Crippen molar-refractivity contribution >= 4 is 11.6 Å². The van der Waals surface area contributed by atoms with E-state index in [0.717, 1.165) is 5.69 Å². The van der Waals surface area contributed by atoms with Gasteiger partial charge in [-0.1, -0.05) is 39.8 Å². The lowest BCUT2D eigenvalue weighted by molar-refractivity contribution is -0.118. The monoisotopic (exact) mass is 274 g/mol. The van der Waals surface area contributed by atoms with Crippen LogP contribution in [0.2, 0.25) is 0 Å². The van der Waals surface area contributed by atoms with Crippen LogP contribution in [0.5, 0.6) is 0 Å². The lowest BCUT2D eigenvalue weighted by atomic mass is 10.0. The molecule has 3 nitrogen and oxygen atoms in total. The minimum absolute atomic E-state index is 0.0810. The molecule has 1 atom stereocenters. The van der Waals surface area contributed by atoms with E-state index >= 15 is 0 Å². The smallest absolute Gasteiger partial charge is 0.228 e. The number of carbonyl (C=O) groups is 1. The Morgan fingerprint density at radius 3 is 2.00 bits per heavy atom. The highest BCUT2D eigenvalue weighted by Gasteiger charge is 2.68. The fourth-order valence-corrected chi connectivity index (χ4v) is 3.09. The Kier molecular flexibility index (Phi) is 3.67. The second-order valence-corrected chi connectivity index (χ2v) is 7.00. The number of hydrogen-bond acceptors (Lipinski definition) is 2. The summed E-state index contributed by atoms with van der Waals surface area (Å²) >= 11 is 0. The van der Waals surface area contributed by atoms with Crippen molar-refractivity contribution in [1.82, 2.24) is 5.32 Å². The van der Waals surface area contributed by atoms with Gasteiger partial charge in [0.1, 0.15) is 0 Å². The third-order valence-electron chi connectivity index (χ3n) is 5.39. The third kappa shape index (κ3) is 2.35. The molecule has 2 N–H and O–H groups in total. The van der Waals surface area contributed by atoms with Crippen molar-refractivity contribution in [3.63, 3.8) is 0 Å². The average molecular weight is 274 g/mol. The van der Waals surface area contributed by atoms with E-state index in [2.05, 4.69) is 57.4 Å². The summed E-state index contributed by atoms with van der Waals surface area (Å²) in [6.45, 7) is 10.8. The lowest BCUT2D eigenvalue weighted by Gasteiger charge is -2.12. The van der Waals surface area contributed by atoms with Crippen LogP contribution >= 0.6 is 0 Å². The number of rotatable bonds is 4. The molecule has 1 unspecified atom stereocenters. The van der Waals surface area contributed by atoms with Crippen molar-refractivity contribution in [2.24, 2.45) is 16.7 Å². The van der Waals surface area contributed by atoms with E-state index in [1.54, 1.807) is 0 Å². The second kappa shape index (κ2) is 4.88. The van der Waals surface area contributed by atoms with Crippen molar-refractivity contribution in [1.29, 1.82) is 0 Å². The molecule has 1 amide bonds. The lowest BCUT2D eigenvalue weighted by Crippen LogP contribution is -2.18. The van der Waals surface area contributed by atoms with E-state index in [1.807, 2.05) is 19.2 Å². The summed E-state index contributed by atoms with van der Waals surface area (Å²) in [5, 5.41) is 6.24. The molecule has 1 aliphatic rings. The molecule has 0 saturated heterocycles. The van der Waals surface area contributed by atoms with Gasteiger partial charge >= 0.3 is 0 Å². The van der Waals surface area contributed by atoms with Crippen LogP contribution in [-0.2, 0) is 4.79 Å². The van der Waals surface area contributed by atoms with E-state index in [9.17, 15) is 4.79 Å². The quantitative estimate of drug-likeness (QED) is 0.881. The van der Waals surface area contributed by atoms with Crippen LogP contribution in [-0.4, -0.2) is 13.0 Å². The van der Waals surface area contributed by atoms with Gasteiger partial charge in [0.2, 0.25) is 5.91 Å². The molecule has 0 heterocycles. The largest absolute Gasteiger partial charge is 0.326 e. The molecule has 0 spiro atoms. The van der Waals surface area contributed by atoms with Crippen LogP contribution in [0.3, 0.4) is 0 Å². The molecule has 1 fully saturated rings. The fraction of sp³-hybridized carbons (Fsp3) is 0.588. The number of anilines is 1. The van der Waals surface area contributed by atoms with E-state index < -0.39 is 0 Å². The molecule has 1 aromatic carbocycles. The standard InChI is InChI=1S/C17H26N2O/c1-11(18-6)12-7-9-13(10-8-12)19-15(20)14-16(2,3)17(14,4)5/h7-11,14,18H,1-6H3,(H,19,20). The molecule has 1 saturated carbocycles. The molecular formula is C17H26N2O. The zero-order chi connectivity index (χ0) is 15.1. The van der Waals surface area contributed by atoms with Gasteiger partial charge < -0.3 is 10.6 Å². The zero-order valence-electron chi connectivity index (χ0n) is 13.4. The van der Waals surface area contributed by atoms with E-state index in [1.165, 1.54) is 5.56 Å². The first kappa shape index (κ1) is 15.0. The highest BCUT2D eigenvalue weighted by atomic mass is 16.2. The van der Waals surface area contributed by atoms with Gasteiger partial charge in [-0.3, -0.25) is 4.79 Å². The Balaban J connectivity index is 2.03. The Hall–Kier alpha value is -1.35. The topological polar surface area (TPSA) is 41.1 Å². The first-order valence-electron chi connectivity index (χ1n) is 7.30. The molecule has 110 valence electrons. The van der Waals surface area contributed by atoms with E-state index in [0.29, 0.717) is 6.04 Å².